The fourth-order valence-electron chi connectivity index (χ4n) is 3.67. The molecule has 0 aliphatic heterocycles. The Bertz CT molecular complexity index is 1240. The molecule has 5 aromatic rings. The minimum atomic E-state index is 1.09. The SMILES string of the molecule is Brc1cc(-c2ccccc2-c2ccccc2)cc2c1[nH]c1ccccc12. The molecule has 0 radical (unpaired) electrons. The molecule has 1 nitrogen and oxygen atoms in total. The zero-order chi connectivity index (χ0) is 17.5. The van der Waals surface area contributed by atoms with Crippen LogP contribution in [-0.4, -0.2) is 4.98 Å². The lowest BCUT2D eigenvalue weighted by Gasteiger charge is -2.11. The largest absolute Gasteiger partial charge is 0.354 e. The molecule has 0 saturated carbocycles. The normalized spacial score (nSPS) is 11.3. The Morgan fingerprint density at radius 1 is 0.577 bits per heavy atom. The van der Waals surface area contributed by atoms with Crippen molar-refractivity contribution in [3.8, 4) is 22.3 Å². The van der Waals surface area contributed by atoms with Crippen LogP contribution >= 0.6 is 15.9 Å². The number of fused-ring (bicyclic) bond motifs is 3. The molecule has 1 N–H and O–H groups in total. The minimum Gasteiger partial charge on any atom is -0.354 e. The van der Waals surface area contributed by atoms with E-state index in [9.17, 15) is 0 Å². The van der Waals surface area contributed by atoms with Crippen molar-refractivity contribution in [2.45, 2.75) is 0 Å². The van der Waals surface area contributed by atoms with Crippen LogP contribution in [0.15, 0.2) is 95.5 Å². The van der Waals surface area contributed by atoms with Crippen molar-refractivity contribution in [2.75, 3.05) is 0 Å². The fraction of sp³-hybridized carbons (Fsp3) is 0. The van der Waals surface area contributed by atoms with Crippen LogP contribution in [0, 0.1) is 0 Å². The highest BCUT2D eigenvalue weighted by Crippen LogP contribution is 2.38. The molecule has 1 aromatic heterocycles. The van der Waals surface area contributed by atoms with Crippen LogP contribution in [-0.2, 0) is 0 Å². The molecule has 0 amide bonds. The zero-order valence-corrected chi connectivity index (χ0v) is 15.6. The number of aromatic amines is 1. The summed E-state index contributed by atoms with van der Waals surface area (Å²) in [5.74, 6) is 0. The summed E-state index contributed by atoms with van der Waals surface area (Å²) in [5.41, 5.74) is 7.25. The second kappa shape index (κ2) is 6.15. The summed E-state index contributed by atoms with van der Waals surface area (Å²) < 4.78 is 1.09. The Hall–Kier alpha value is -2.84. The molecule has 1 heterocycles. The first-order chi connectivity index (χ1) is 12.8. The van der Waals surface area contributed by atoms with Crippen LogP contribution in [0.5, 0.6) is 0 Å². The van der Waals surface area contributed by atoms with E-state index in [0.717, 1.165) is 15.5 Å². The van der Waals surface area contributed by atoms with Gasteiger partial charge in [-0.25, -0.2) is 0 Å². The van der Waals surface area contributed by atoms with Gasteiger partial charge in [0.1, 0.15) is 0 Å². The summed E-state index contributed by atoms with van der Waals surface area (Å²) in [6.45, 7) is 0. The molecular formula is C24H16BrN. The van der Waals surface area contributed by atoms with Gasteiger partial charge in [-0.05, 0) is 56.4 Å². The molecule has 26 heavy (non-hydrogen) atoms. The number of hydrogen-bond donors (Lipinski definition) is 1. The van der Waals surface area contributed by atoms with Gasteiger partial charge in [0.15, 0.2) is 0 Å². The third kappa shape index (κ3) is 2.46. The average molecular weight is 398 g/mol. The van der Waals surface area contributed by atoms with Crippen molar-refractivity contribution < 1.29 is 0 Å². The van der Waals surface area contributed by atoms with E-state index in [-0.39, 0.29) is 0 Å². The number of hydrogen-bond acceptors (Lipinski definition) is 0. The van der Waals surface area contributed by atoms with Crippen molar-refractivity contribution in [3.05, 3.63) is 95.5 Å². The van der Waals surface area contributed by atoms with E-state index in [1.807, 2.05) is 0 Å². The van der Waals surface area contributed by atoms with Gasteiger partial charge in [-0.3, -0.25) is 0 Å². The van der Waals surface area contributed by atoms with Gasteiger partial charge in [0, 0.05) is 20.8 Å². The monoisotopic (exact) mass is 397 g/mol. The summed E-state index contributed by atoms with van der Waals surface area (Å²) >= 11 is 3.77. The lowest BCUT2D eigenvalue weighted by molar-refractivity contribution is 1.52. The smallest absolute Gasteiger partial charge is 0.0609 e. The molecule has 0 saturated heterocycles. The van der Waals surface area contributed by atoms with Crippen LogP contribution in [0.2, 0.25) is 0 Å². The van der Waals surface area contributed by atoms with Gasteiger partial charge in [0.05, 0.1) is 5.52 Å². The number of rotatable bonds is 2. The van der Waals surface area contributed by atoms with E-state index in [1.165, 1.54) is 33.0 Å². The second-order valence-electron chi connectivity index (χ2n) is 6.46. The van der Waals surface area contributed by atoms with Gasteiger partial charge in [-0.15, -0.1) is 0 Å². The summed E-state index contributed by atoms with van der Waals surface area (Å²) in [4.78, 5) is 3.52. The highest BCUT2D eigenvalue weighted by molar-refractivity contribution is 9.10. The zero-order valence-electron chi connectivity index (χ0n) is 14.0. The van der Waals surface area contributed by atoms with E-state index in [1.54, 1.807) is 0 Å². The molecule has 0 bridgehead atoms. The third-order valence-corrected chi connectivity index (χ3v) is 5.52. The Morgan fingerprint density at radius 3 is 2.04 bits per heavy atom. The maximum absolute atomic E-state index is 3.77. The van der Waals surface area contributed by atoms with Gasteiger partial charge < -0.3 is 4.98 Å². The number of H-pyrrole nitrogens is 1. The molecule has 0 aliphatic rings. The van der Waals surface area contributed by atoms with Crippen molar-refractivity contribution in [2.24, 2.45) is 0 Å². The predicted octanol–water partition coefficient (Wildman–Crippen LogP) is 7.42. The minimum absolute atomic E-state index is 1.09. The number of halogens is 1. The lowest BCUT2D eigenvalue weighted by atomic mass is 9.94. The van der Waals surface area contributed by atoms with Gasteiger partial charge in [-0.2, -0.15) is 0 Å². The van der Waals surface area contributed by atoms with Crippen molar-refractivity contribution in [1.82, 2.24) is 4.98 Å². The topological polar surface area (TPSA) is 15.8 Å². The summed E-state index contributed by atoms with van der Waals surface area (Å²) in [6.07, 6.45) is 0. The standard InChI is InChI=1S/C24H16BrN/c25-22-15-17(14-21-20-12-6-7-13-23(20)26-24(21)22)19-11-5-4-10-18(19)16-8-2-1-3-9-16/h1-15,26H. The maximum Gasteiger partial charge on any atom is 0.0609 e. The number of nitrogens with one attached hydrogen (secondary N) is 1. The summed E-state index contributed by atoms with van der Waals surface area (Å²) in [7, 11) is 0. The Balaban J connectivity index is 1.80. The van der Waals surface area contributed by atoms with Crippen molar-refractivity contribution >= 4 is 37.7 Å². The molecule has 0 spiro atoms. The van der Waals surface area contributed by atoms with Crippen LogP contribution < -0.4 is 0 Å². The Morgan fingerprint density at radius 2 is 1.23 bits per heavy atom. The van der Waals surface area contributed by atoms with Gasteiger partial charge in [0.2, 0.25) is 0 Å². The average Bonchev–Trinajstić information content (AvgIpc) is 3.08. The maximum atomic E-state index is 3.77. The molecule has 4 aromatic carbocycles. The molecule has 0 unspecified atom stereocenters. The lowest BCUT2D eigenvalue weighted by Crippen LogP contribution is -1.85. The molecule has 5 rings (SSSR count). The molecule has 124 valence electrons. The van der Waals surface area contributed by atoms with E-state index >= 15 is 0 Å². The van der Waals surface area contributed by atoms with Gasteiger partial charge >= 0.3 is 0 Å². The van der Waals surface area contributed by atoms with Crippen LogP contribution in [0.4, 0.5) is 0 Å². The third-order valence-electron chi connectivity index (χ3n) is 4.89. The van der Waals surface area contributed by atoms with E-state index in [4.69, 9.17) is 0 Å². The van der Waals surface area contributed by atoms with E-state index in [2.05, 4.69) is 112 Å². The quantitative estimate of drug-likeness (QED) is 0.319. The second-order valence-corrected chi connectivity index (χ2v) is 7.32. The van der Waals surface area contributed by atoms with Crippen LogP contribution in [0.3, 0.4) is 0 Å². The van der Waals surface area contributed by atoms with Crippen LogP contribution in [0.25, 0.3) is 44.1 Å². The number of para-hydroxylation sites is 1. The van der Waals surface area contributed by atoms with Gasteiger partial charge in [0.25, 0.3) is 0 Å². The highest BCUT2D eigenvalue weighted by Gasteiger charge is 2.12. The molecule has 0 aliphatic carbocycles. The van der Waals surface area contributed by atoms with Crippen molar-refractivity contribution in [1.29, 1.82) is 0 Å². The van der Waals surface area contributed by atoms with Gasteiger partial charge in [-0.1, -0.05) is 72.8 Å². The molecule has 0 fully saturated rings. The molecule has 0 atom stereocenters. The van der Waals surface area contributed by atoms with E-state index in [0.29, 0.717) is 0 Å². The predicted molar refractivity (Wildman–Crippen MR) is 114 cm³/mol. The summed E-state index contributed by atoms with van der Waals surface area (Å²) in [5, 5.41) is 2.50. The molecular weight excluding hydrogens is 382 g/mol. The first-order valence-electron chi connectivity index (χ1n) is 8.66. The first kappa shape index (κ1) is 15.4. The van der Waals surface area contributed by atoms with E-state index < -0.39 is 0 Å². The highest BCUT2D eigenvalue weighted by atomic mass is 79.9. The number of aromatic nitrogens is 1. The first-order valence-corrected chi connectivity index (χ1v) is 9.45. The van der Waals surface area contributed by atoms with Crippen molar-refractivity contribution in [3.63, 3.8) is 0 Å². The Kier molecular flexibility index (Phi) is 3.65. The number of benzene rings is 4. The fourth-order valence-corrected chi connectivity index (χ4v) is 4.23. The molecule has 2 heteroatoms. The summed E-state index contributed by atoms with van der Waals surface area (Å²) in [6, 6.07) is 32.1. The van der Waals surface area contributed by atoms with Crippen LogP contribution in [0.1, 0.15) is 0 Å². The Labute approximate surface area is 160 Å².